The molecule has 3 aromatic rings. The second kappa shape index (κ2) is 6.83. The van der Waals surface area contributed by atoms with Crippen molar-refractivity contribution >= 4 is 24.7 Å². The Morgan fingerprint density at radius 1 is 0.636 bits per heavy atom. The van der Waals surface area contributed by atoms with E-state index in [9.17, 15) is 0 Å². The maximum absolute atomic E-state index is 8.70. The molecule has 107 valence electrons. The van der Waals surface area contributed by atoms with Gasteiger partial charge in [0.2, 0.25) is 0 Å². The van der Waals surface area contributed by atoms with Crippen molar-refractivity contribution in [1.82, 2.24) is 0 Å². The van der Waals surface area contributed by atoms with Gasteiger partial charge in [-0.3, -0.25) is 0 Å². The fourth-order valence-corrected chi connectivity index (χ4v) is 2.34. The summed E-state index contributed by atoms with van der Waals surface area (Å²) in [4.78, 5) is 2.16. The van der Waals surface area contributed by atoms with Crippen LogP contribution in [0.3, 0.4) is 0 Å². The topological polar surface area (TPSA) is 32.7 Å². The van der Waals surface area contributed by atoms with Crippen LogP contribution in [-0.4, -0.2) is 12.7 Å². The molecule has 0 saturated heterocycles. The molecule has 0 spiro atoms. The fourth-order valence-electron chi connectivity index (χ4n) is 2.34. The van der Waals surface area contributed by atoms with Gasteiger partial charge in [0.1, 0.15) is 5.75 Å². The molecule has 4 heteroatoms. The molecule has 1 N–H and O–H groups in total. The summed E-state index contributed by atoms with van der Waals surface area (Å²) in [6, 6.07) is 27.9. The molecule has 0 amide bonds. The number of benzene rings is 3. The van der Waals surface area contributed by atoms with E-state index in [-0.39, 0.29) is 0 Å². The van der Waals surface area contributed by atoms with Crippen LogP contribution in [0, 0.1) is 0 Å². The Labute approximate surface area is 130 Å². The van der Waals surface area contributed by atoms with Gasteiger partial charge in [-0.15, -0.1) is 0 Å². The lowest BCUT2D eigenvalue weighted by Crippen LogP contribution is -2.09. The summed E-state index contributed by atoms with van der Waals surface area (Å²) in [5.41, 5.74) is 3.18. The molecule has 0 bridgehead atoms. The zero-order valence-corrected chi connectivity index (χ0v) is 12.0. The number of anilines is 3. The molecule has 0 aliphatic rings. The first kappa shape index (κ1) is 14.2. The zero-order chi connectivity index (χ0) is 15.2. The van der Waals surface area contributed by atoms with Crippen LogP contribution in [0.2, 0.25) is 0 Å². The molecule has 0 unspecified atom stereocenters. The Hall–Kier alpha value is -2.72. The van der Waals surface area contributed by atoms with Crippen molar-refractivity contribution in [3.05, 3.63) is 84.9 Å². The average molecular weight is 288 g/mol. The Morgan fingerprint density at radius 2 is 1.09 bits per heavy atom. The lowest BCUT2D eigenvalue weighted by molar-refractivity contribution is 0.454. The SMILES string of the molecule is O[B]Oc1ccc(N(c2ccccc2)c2ccccc2)cc1. The largest absolute Gasteiger partial charge is 0.569 e. The van der Waals surface area contributed by atoms with Crippen molar-refractivity contribution in [2.24, 2.45) is 0 Å². The van der Waals surface area contributed by atoms with Crippen LogP contribution in [0.1, 0.15) is 0 Å². The van der Waals surface area contributed by atoms with Gasteiger partial charge < -0.3 is 14.6 Å². The molecule has 0 aliphatic carbocycles. The van der Waals surface area contributed by atoms with Gasteiger partial charge in [-0.25, -0.2) is 0 Å². The minimum absolute atomic E-state index is 0.590. The molecule has 0 atom stereocenters. The Kier molecular flexibility index (Phi) is 4.42. The predicted molar refractivity (Wildman–Crippen MR) is 89.7 cm³/mol. The summed E-state index contributed by atoms with van der Waals surface area (Å²) >= 11 is 0. The van der Waals surface area contributed by atoms with Gasteiger partial charge in [-0.1, -0.05) is 36.4 Å². The lowest BCUT2D eigenvalue weighted by Gasteiger charge is -2.25. The highest BCUT2D eigenvalue weighted by molar-refractivity contribution is 6.17. The van der Waals surface area contributed by atoms with Crippen LogP contribution < -0.4 is 9.55 Å². The smallest absolute Gasteiger partial charge is 0.537 e. The van der Waals surface area contributed by atoms with Crippen LogP contribution in [0.5, 0.6) is 5.75 Å². The van der Waals surface area contributed by atoms with Crippen LogP contribution in [-0.2, 0) is 0 Å². The van der Waals surface area contributed by atoms with E-state index in [1.165, 1.54) is 0 Å². The van der Waals surface area contributed by atoms with E-state index in [1.54, 1.807) is 0 Å². The minimum Gasteiger partial charge on any atom is -0.537 e. The van der Waals surface area contributed by atoms with E-state index in [0.29, 0.717) is 13.4 Å². The van der Waals surface area contributed by atoms with Crippen LogP contribution in [0.25, 0.3) is 0 Å². The van der Waals surface area contributed by atoms with E-state index in [1.807, 2.05) is 60.7 Å². The van der Waals surface area contributed by atoms with Crippen molar-refractivity contribution in [3.8, 4) is 5.75 Å². The minimum atomic E-state index is 0.590. The fraction of sp³-hybridized carbons (Fsp3) is 0. The van der Waals surface area contributed by atoms with Crippen LogP contribution in [0.4, 0.5) is 17.1 Å². The quantitative estimate of drug-likeness (QED) is 0.718. The van der Waals surface area contributed by atoms with Gasteiger partial charge in [0.05, 0.1) is 0 Å². The van der Waals surface area contributed by atoms with E-state index >= 15 is 0 Å². The summed E-state index contributed by atoms with van der Waals surface area (Å²) in [7, 11) is 0.682. The molecule has 1 radical (unpaired) electrons. The number of hydrogen-bond donors (Lipinski definition) is 1. The number of nitrogens with zero attached hydrogens (tertiary/aromatic N) is 1. The summed E-state index contributed by atoms with van der Waals surface area (Å²) < 4.78 is 4.96. The molecule has 0 fully saturated rings. The highest BCUT2D eigenvalue weighted by Crippen LogP contribution is 2.34. The highest BCUT2D eigenvalue weighted by atomic mass is 16.5. The Bertz CT molecular complexity index is 663. The van der Waals surface area contributed by atoms with Crippen molar-refractivity contribution in [2.75, 3.05) is 4.90 Å². The van der Waals surface area contributed by atoms with E-state index in [2.05, 4.69) is 29.2 Å². The molecule has 22 heavy (non-hydrogen) atoms. The maximum Gasteiger partial charge on any atom is 0.569 e. The van der Waals surface area contributed by atoms with Crippen LogP contribution >= 0.6 is 0 Å². The monoisotopic (exact) mass is 288 g/mol. The van der Waals surface area contributed by atoms with E-state index in [0.717, 1.165) is 17.1 Å². The molecule has 3 aromatic carbocycles. The first-order valence-corrected chi connectivity index (χ1v) is 7.01. The van der Waals surface area contributed by atoms with Crippen LogP contribution in [0.15, 0.2) is 84.9 Å². The normalized spacial score (nSPS) is 10.0. The van der Waals surface area contributed by atoms with E-state index in [4.69, 9.17) is 9.68 Å². The summed E-state index contributed by atoms with van der Waals surface area (Å²) in [6.07, 6.45) is 0. The summed E-state index contributed by atoms with van der Waals surface area (Å²) in [6.45, 7) is 0. The second-order valence-electron chi connectivity index (χ2n) is 4.72. The number of hydrogen-bond acceptors (Lipinski definition) is 3. The molecule has 0 aromatic heterocycles. The predicted octanol–water partition coefficient (Wildman–Crippen LogP) is 4.06. The number of rotatable bonds is 5. The van der Waals surface area contributed by atoms with Gasteiger partial charge in [0.15, 0.2) is 0 Å². The molecule has 0 heterocycles. The zero-order valence-electron chi connectivity index (χ0n) is 12.0. The number of para-hydroxylation sites is 2. The van der Waals surface area contributed by atoms with Crippen molar-refractivity contribution < 1.29 is 9.68 Å². The van der Waals surface area contributed by atoms with Gasteiger partial charge in [-0.05, 0) is 48.5 Å². The third kappa shape index (κ3) is 3.13. The highest BCUT2D eigenvalue weighted by Gasteiger charge is 2.11. The first-order valence-electron chi connectivity index (χ1n) is 7.01. The molecular formula is C18H15BNO2. The molecule has 0 aliphatic heterocycles. The maximum atomic E-state index is 8.70. The molecule has 3 nitrogen and oxygen atoms in total. The average Bonchev–Trinajstić information content (AvgIpc) is 2.59. The van der Waals surface area contributed by atoms with Crippen molar-refractivity contribution in [3.63, 3.8) is 0 Å². The van der Waals surface area contributed by atoms with E-state index < -0.39 is 0 Å². The third-order valence-electron chi connectivity index (χ3n) is 3.31. The first-order chi connectivity index (χ1) is 10.9. The lowest BCUT2D eigenvalue weighted by atomic mass is 10.2. The standard InChI is InChI=1S/C18H15BNO2/c21-19-22-18-13-11-17(12-14-18)20(15-7-3-1-4-8-15)16-9-5-2-6-10-16/h1-14,21H. The van der Waals surface area contributed by atoms with Gasteiger partial charge in [-0.2, -0.15) is 0 Å². The Morgan fingerprint density at radius 3 is 1.55 bits per heavy atom. The van der Waals surface area contributed by atoms with Crippen molar-refractivity contribution in [2.45, 2.75) is 0 Å². The summed E-state index contributed by atoms with van der Waals surface area (Å²) in [5.74, 6) is 0.590. The second-order valence-corrected chi connectivity index (χ2v) is 4.72. The van der Waals surface area contributed by atoms with Gasteiger partial charge >= 0.3 is 7.69 Å². The van der Waals surface area contributed by atoms with Crippen molar-refractivity contribution in [1.29, 1.82) is 0 Å². The van der Waals surface area contributed by atoms with Gasteiger partial charge in [0.25, 0.3) is 0 Å². The summed E-state index contributed by atoms with van der Waals surface area (Å²) in [5, 5.41) is 8.70. The third-order valence-corrected chi connectivity index (χ3v) is 3.31. The molecule has 0 saturated carbocycles. The molecular weight excluding hydrogens is 273 g/mol. The molecule has 3 rings (SSSR count). The van der Waals surface area contributed by atoms with Gasteiger partial charge in [0, 0.05) is 17.1 Å². The Balaban J connectivity index is 2.02.